The Morgan fingerprint density at radius 2 is 2.00 bits per heavy atom. The van der Waals surface area contributed by atoms with E-state index in [2.05, 4.69) is 32.7 Å². The van der Waals surface area contributed by atoms with Crippen molar-refractivity contribution in [3.8, 4) is 0 Å². The van der Waals surface area contributed by atoms with Crippen LogP contribution >= 0.6 is 0 Å². The Morgan fingerprint density at radius 1 is 1.37 bits per heavy atom. The van der Waals surface area contributed by atoms with Gasteiger partial charge in [0.2, 0.25) is 0 Å². The normalized spacial score (nSPS) is 24.7. The summed E-state index contributed by atoms with van der Waals surface area (Å²) in [6.45, 7) is 8.57. The highest BCUT2D eigenvalue weighted by molar-refractivity contribution is 5.80. The molecule has 0 heterocycles. The molecule has 1 aliphatic carbocycles. The molecule has 19 heavy (non-hydrogen) atoms. The molecule has 2 nitrogen and oxygen atoms in total. The Morgan fingerprint density at radius 3 is 2.47 bits per heavy atom. The van der Waals surface area contributed by atoms with Crippen molar-refractivity contribution in [2.75, 3.05) is 7.05 Å². The summed E-state index contributed by atoms with van der Waals surface area (Å²) in [5, 5.41) is 0. The van der Waals surface area contributed by atoms with E-state index in [0.29, 0.717) is 23.6 Å². The predicted molar refractivity (Wildman–Crippen MR) is 80.7 cm³/mol. The van der Waals surface area contributed by atoms with Gasteiger partial charge in [-0.05, 0) is 42.2 Å². The number of hydrogen-bond acceptors (Lipinski definition) is 1. The first-order valence-corrected chi connectivity index (χ1v) is 7.16. The van der Waals surface area contributed by atoms with E-state index in [4.69, 9.17) is 5.73 Å². The van der Waals surface area contributed by atoms with Gasteiger partial charge in [0.1, 0.15) is 5.83 Å². The van der Waals surface area contributed by atoms with E-state index in [1.807, 2.05) is 0 Å². The zero-order valence-electron chi connectivity index (χ0n) is 12.8. The molecule has 0 amide bonds. The molecule has 2 atom stereocenters. The van der Waals surface area contributed by atoms with Crippen LogP contribution in [0.5, 0.6) is 0 Å². The van der Waals surface area contributed by atoms with Crippen molar-refractivity contribution in [3.63, 3.8) is 0 Å². The van der Waals surface area contributed by atoms with Crippen molar-refractivity contribution in [1.82, 2.24) is 0 Å². The Balaban J connectivity index is 2.95. The highest BCUT2D eigenvalue weighted by Crippen LogP contribution is 2.40. The van der Waals surface area contributed by atoms with Crippen LogP contribution in [0, 0.1) is 23.7 Å². The molecule has 0 aromatic rings. The number of nitrogens with zero attached hydrogens (tertiary/aromatic N) is 1. The zero-order valence-corrected chi connectivity index (χ0v) is 12.8. The quantitative estimate of drug-likeness (QED) is 0.590. The third-order valence-corrected chi connectivity index (χ3v) is 3.98. The first kappa shape index (κ1) is 15.9. The van der Waals surface area contributed by atoms with Crippen LogP contribution in [-0.2, 0) is 0 Å². The second-order valence-electron chi connectivity index (χ2n) is 6.03. The minimum Gasteiger partial charge on any atom is -0.387 e. The number of hydrogen-bond donors (Lipinski definition) is 1. The molecule has 2 N–H and O–H groups in total. The van der Waals surface area contributed by atoms with E-state index in [0.717, 1.165) is 12.8 Å². The molecule has 0 fully saturated rings. The maximum absolute atomic E-state index is 13.8. The fraction of sp³-hybridized carbons (Fsp3) is 0.688. The molecule has 0 saturated carbocycles. The third kappa shape index (κ3) is 4.19. The van der Waals surface area contributed by atoms with Crippen LogP contribution in [0.4, 0.5) is 4.39 Å². The summed E-state index contributed by atoms with van der Waals surface area (Å²) in [4.78, 5) is 4.01. The second-order valence-corrected chi connectivity index (χ2v) is 6.03. The summed E-state index contributed by atoms with van der Waals surface area (Å²) < 4.78 is 13.8. The summed E-state index contributed by atoms with van der Waals surface area (Å²) in [7, 11) is 1.72. The molecule has 1 rings (SSSR count). The van der Waals surface area contributed by atoms with Crippen molar-refractivity contribution in [2.45, 2.75) is 40.5 Å². The number of rotatable bonds is 5. The first-order chi connectivity index (χ1) is 8.86. The van der Waals surface area contributed by atoms with Crippen molar-refractivity contribution in [1.29, 1.82) is 0 Å². The monoisotopic (exact) mass is 266 g/mol. The van der Waals surface area contributed by atoms with Crippen LogP contribution in [0.15, 0.2) is 28.5 Å². The smallest absolute Gasteiger partial charge is 0.119 e. The zero-order chi connectivity index (χ0) is 14.6. The fourth-order valence-electron chi connectivity index (χ4n) is 2.86. The van der Waals surface area contributed by atoms with Gasteiger partial charge >= 0.3 is 0 Å². The topological polar surface area (TPSA) is 38.4 Å². The number of nitrogens with two attached hydrogens (primary N) is 1. The average Bonchev–Trinajstić information content (AvgIpc) is 2.35. The van der Waals surface area contributed by atoms with E-state index in [-0.39, 0.29) is 11.7 Å². The molecule has 1 aliphatic rings. The van der Waals surface area contributed by atoms with Crippen molar-refractivity contribution < 1.29 is 4.39 Å². The van der Waals surface area contributed by atoms with E-state index in [1.54, 1.807) is 19.2 Å². The summed E-state index contributed by atoms with van der Waals surface area (Å²) in [5.74, 6) is 2.02. The molecular formula is C16H27FN2. The van der Waals surface area contributed by atoms with Crippen LogP contribution in [-0.4, -0.2) is 12.9 Å². The largest absolute Gasteiger partial charge is 0.387 e. The summed E-state index contributed by atoms with van der Waals surface area (Å²) in [6.07, 6.45) is 5.22. The highest BCUT2D eigenvalue weighted by Gasteiger charge is 2.30. The average molecular weight is 266 g/mol. The van der Waals surface area contributed by atoms with Crippen LogP contribution in [0.1, 0.15) is 40.5 Å². The molecule has 0 radical (unpaired) electrons. The van der Waals surface area contributed by atoms with Gasteiger partial charge in [-0.25, -0.2) is 4.39 Å². The first-order valence-electron chi connectivity index (χ1n) is 7.16. The molecule has 0 bridgehead atoms. The molecule has 0 saturated heterocycles. The molecule has 108 valence electrons. The molecule has 0 aromatic heterocycles. The lowest BCUT2D eigenvalue weighted by Gasteiger charge is -2.34. The van der Waals surface area contributed by atoms with Gasteiger partial charge in [0.15, 0.2) is 0 Å². The highest BCUT2D eigenvalue weighted by atomic mass is 19.1. The summed E-state index contributed by atoms with van der Waals surface area (Å²) >= 11 is 0. The van der Waals surface area contributed by atoms with Crippen LogP contribution in [0.25, 0.3) is 0 Å². The lowest BCUT2D eigenvalue weighted by Crippen LogP contribution is -2.27. The van der Waals surface area contributed by atoms with Gasteiger partial charge in [-0.15, -0.1) is 0 Å². The molecule has 0 aromatic carbocycles. The second kappa shape index (κ2) is 6.88. The minimum atomic E-state index is -0.0872. The maximum atomic E-state index is 13.8. The SMILES string of the molecule is CN=C(N)CCC1C(C(C)C)=CC(F)=C[C@H]1C(C)C. The van der Waals surface area contributed by atoms with Gasteiger partial charge in [0.25, 0.3) is 0 Å². The van der Waals surface area contributed by atoms with E-state index >= 15 is 0 Å². The standard InChI is InChI=1S/C16H27FN2/c1-10(2)14-8-12(17)9-15(11(3)4)13(14)6-7-16(18)19-5/h8-11,13-14H,6-7H2,1-5H3,(H2,18,19)/t13?,14-/m0/s1. The van der Waals surface area contributed by atoms with Crippen molar-refractivity contribution >= 4 is 5.84 Å². The molecule has 0 aliphatic heterocycles. The van der Waals surface area contributed by atoms with E-state index in [9.17, 15) is 4.39 Å². The van der Waals surface area contributed by atoms with E-state index in [1.165, 1.54) is 5.57 Å². The Labute approximate surface area is 116 Å². The lowest BCUT2D eigenvalue weighted by atomic mass is 9.71. The molecule has 3 heteroatoms. The van der Waals surface area contributed by atoms with Gasteiger partial charge in [-0.2, -0.15) is 0 Å². The van der Waals surface area contributed by atoms with Crippen molar-refractivity contribution in [2.24, 2.45) is 34.4 Å². The molecular weight excluding hydrogens is 239 g/mol. The van der Waals surface area contributed by atoms with Gasteiger partial charge in [-0.3, -0.25) is 4.99 Å². The van der Waals surface area contributed by atoms with Crippen molar-refractivity contribution in [3.05, 3.63) is 23.6 Å². The van der Waals surface area contributed by atoms with Crippen LogP contribution < -0.4 is 5.73 Å². The minimum absolute atomic E-state index is 0.0872. The Kier molecular flexibility index (Phi) is 5.77. The number of amidine groups is 1. The van der Waals surface area contributed by atoms with Gasteiger partial charge in [-0.1, -0.05) is 33.3 Å². The predicted octanol–water partition coefficient (Wildman–Crippen LogP) is 4.09. The van der Waals surface area contributed by atoms with Crippen LogP contribution in [0.2, 0.25) is 0 Å². The number of halogens is 1. The Hall–Kier alpha value is -1.12. The number of aliphatic imine (C=N–C) groups is 1. The third-order valence-electron chi connectivity index (χ3n) is 3.98. The van der Waals surface area contributed by atoms with Gasteiger partial charge < -0.3 is 5.73 Å². The molecule has 0 spiro atoms. The van der Waals surface area contributed by atoms with Gasteiger partial charge in [0, 0.05) is 13.5 Å². The molecule has 1 unspecified atom stereocenters. The summed E-state index contributed by atoms with van der Waals surface area (Å²) in [5.41, 5.74) is 7.01. The number of allylic oxidation sites excluding steroid dienone is 4. The van der Waals surface area contributed by atoms with E-state index < -0.39 is 0 Å². The Bertz CT molecular complexity index is 392. The fourth-order valence-corrected chi connectivity index (χ4v) is 2.86. The van der Waals surface area contributed by atoms with Crippen LogP contribution in [0.3, 0.4) is 0 Å². The summed E-state index contributed by atoms with van der Waals surface area (Å²) in [6, 6.07) is 0. The van der Waals surface area contributed by atoms with Gasteiger partial charge in [0.05, 0.1) is 5.84 Å². The lowest BCUT2D eigenvalue weighted by molar-refractivity contribution is 0.308. The maximum Gasteiger partial charge on any atom is 0.119 e.